The highest BCUT2D eigenvalue weighted by Crippen LogP contribution is 2.31. The van der Waals surface area contributed by atoms with E-state index in [1.807, 2.05) is 30.5 Å². The van der Waals surface area contributed by atoms with Crippen molar-refractivity contribution >= 4 is 17.5 Å². The van der Waals surface area contributed by atoms with Crippen LogP contribution >= 0.6 is 11.6 Å². The lowest BCUT2D eigenvalue weighted by molar-refractivity contribution is 0.907. The van der Waals surface area contributed by atoms with Gasteiger partial charge in [-0.15, -0.1) is 0 Å². The van der Waals surface area contributed by atoms with Gasteiger partial charge in [0.25, 0.3) is 0 Å². The van der Waals surface area contributed by atoms with Gasteiger partial charge in [0.2, 0.25) is 5.95 Å². The predicted molar refractivity (Wildman–Crippen MR) is 93.7 cm³/mol. The van der Waals surface area contributed by atoms with Gasteiger partial charge in [0.15, 0.2) is 0 Å². The fourth-order valence-corrected chi connectivity index (χ4v) is 3.06. The zero-order valence-corrected chi connectivity index (χ0v) is 13.3. The Labute approximate surface area is 140 Å². The van der Waals surface area contributed by atoms with Crippen molar-refractivity contribution < 1.29 is 0 Å². The highest BCUT2D eigenvalue weighted by Gasteiger charge is 2.17. The van der Waals surface area contributed by atoms with Gasteiger partial charge in [-0.1, -0.05) is 48.0 Å². The maximum Gasteiger partial charge on any atom is 0.223 e. The van der Waals surface area contributed by atoms with Gasteiger partial charge in [0.05, 0.1) is 5.69 Å². The van der Waals surface area contributed by atoms with Gasteiger partial charge >= 0.3 is 0 Å². The molecule has 1 N–H and O–H groups in total. The minimum absolute atomic E-state index is 0.662. The summed E-state index contributed by atoms with van der Waals surface area (Å²) in [6.07, 6.45) is 4.01. The Morgan fingerprint density at radius 2 is 1.74 bits per heavy atom. The van der Waals surface area contributed by atoms with Crippen LogP contribution in [0.1, 0.15) is 16.7 Å². The number of aromatic nitrogens is 2. The first-order valence-electron chi connectivity index (χ1n) is 7.72. The van der Waals surface area contributed by atoms with Crippen LogP contribution in [-0.2, 0) is 19.4 Å². The second-order valence-corrected chi connectivity index (χ2v) is 6.14. The molecule has 3 aromatic rings. The van der Waals surface area contributed by atoms with Crippen LogP contribution in [0, 0.1) is 0 Å². The fourth-order valence-electron chi connectivity index (χ4n) is 2.93. The number of fused-ring (bicyclic) bond motifs is 3. The van der Waals surface area contributed by atoms with E-state index in [1.54, 1.807) is 0 Å². The van der Waals surface area contributed by atoms with Gasteiger partial charge in [-0.05, 0) is 41.7 Å². The summed E-state index contributed by atoms with van der Waals surface area (Å²) in [6, 6.07) is 16.3. The van der Waals surface area contributed by atoms with Crippen molar-refractivity contribution in [3.8, 4) is 11.3 Å². The third-order valence-electron chi connectivity index (χ3n) is 4.16. The summed E-state index contributed by atoms with van der Waals surface area (Å²) in [5.74, 6) is 0.662. The maximum atomic E-state index is 5.91. The molecule has 23 heavy (non-hydrogen) atoms. The molecule has 3 nitrogen and oxygen atoms in total. The summed E-state index contributed by atoms with van der Waals surface area (Å²) in [6.45, 7) is 0.678. The van der Waals surface area contributed by atoms with E-state index in [2.05, 4.69) is 34.6 Å². The van der Waals surface area contributed by atoms with Gasteiger partial charge in [0.1, 0.15) is 0 Å². The van der Waals surface area contributed by atoms with E-state index in [9.17, 15) is 0 Å². The Morgan fingerprint density at radius 3 is 2.61 bits per heavy atom. The van der Waals surface area contributed by atoms with Crippen LogP contribution in [0.25, 0.3) is 11.3 Å². The number of rotatable bonds is 3. The Hall–Kier alpha value is -2.39. The maximum absolute atomic E-state index is 5.91. The summed E-state index contributed by atoms with van der Waals surface area (Å²) in [5.41, 5.74) is 6.02. The zero-order valence-electron chi connectivity index (χ0n) is 12.6. The molecule has 114 valence electrons. The standard InChI is InChI=1S/C19H16ClN3/c20-16-9-5-13(6-10-16)11-21-19-22-12-15-8-7-14-3-1-2-4-17(14)18(15)23-19/h1-6,9-10,12H,7-8,11H2,(H,21,22,23). The van der Waals surface area contributed by atoms with Crippen molar-refractivity contribution in [2.75, 3.05) is 5.32 Å². The molecule has 0 aliphatic heterocycles. The van der Waals surface area contributed by atoms with Gasteiger partial charge < -0.3 is 5.32 Å². The predicted octanol–water partition coefficient (Wildman–Crippen LogP) is 4.51. The van der Waals surface area contributed by atoms with Crippen molar-refractivity contribution in [2.45, 2.75) is 19.4 Å². The number of aryl methyl sites for hydroxylation is 2. The van der Waals surface area contributed by atoms with Crippen molar-refractivity contribution in [1.82, 2.24) is 9.97 Å². The molecule has 2 aromatic carbocycles. The first kappa shape index (κ1) is 14.2. The number of hydrogen-bond donors (Lipinski definition) is 1. The average molecular weight is 322 g/mol. The number of nitrogens with zero attached hydrogens (tertiary/aromatic N) is 2. The quantitative estimate of drug-likeness (QED) is 0.771. The molecule has 0 bridgehead atoms. The van der Waals surface area contributed by atoms with Gasteiger partial charge in [-0.25, -0.2) is 9.97 Å². The Morgan fingerprint density at radius 1 is 0.957 bits per heavy atom. The van der Waals surface area contributed by atoms with E-state index >= 15 is 0 Å². The Bertz CT molecular complexity index is 843. The Balaban J connectivity index is 1.59. The SMILES string of the molecule is Clc1ccc(CNc2ncc3c(n2)-c2ccccc2CC3)cc1. The molecule has 0 fully saturated rings. The summed E-state index contributed by atoms with van der Waals surface area (Å²) < 4.78 is 0. The first-order chi connectivity index (χ1) is 11.3. The molecule has 0 amide bonds. The second-order valence-electron chi connectivity index (χ2n) is 5.70. The molecule has 0 saturated heterocycles. The van der Waals surface area contributed by atoms with Crippen LogP contribution in [0.3, 0.4) is 0 Å². The van der Waals surface area contributed by atoms with Gasteiger partial charge in [-0.3, -0.25) is 0 Å². The average Bonchev–Trinajstić information content (AvgIpc) is 2.61. The Kier molecular flexibility index (Phi) is 3.72. The highest BCUT2D eigenvalue weighted by atomic mass is 35.5. The van der Waals surface area contributed by atoms with Crippen LogP contribution < -0.4 is 5.32 Å². The molecule has 0 spiro atoms. The molecule has 0 unspecified atom stereocenters. The molecule has 0 atom stereocenters. The molecule has 0 radical (unpaired) electrons. The zero-order chi connectivity index (χ0) is 15.6. The van der Waals surface area contributed by atoms with Gasteiger partial charge in [-0.2, -0.15) is 0 Å². The van der Waals surface area contributed by atoms with Gasteiger partial charge in [0, 0.05) is 23.3 Å². The van der Waals surface area contributed by atoms with E-state index in [1.165, 1.54) is 16.7 Å². The third-order valence-corrected chi connectivity index (χ3v) is 4.42. The molecule has 4 heteroatoms. The summed E-state index contributed by atoms with van der Waals surface area (Å²) in [5, 5.41) is 4.04. The van der Waals surface area contributed by atoms with E-state index in [4.69, 9.17) is 16.6 Å². The molecule has 1 aromatic heterocycles. The smallest absolute Gasteiger partial charge is 0.223 e. The summed E-state index contributed by atoms with van der Waals surface area (Å²) in [7, 11) is 0. The van der Waals surface area contributed by atoms with Crippen LogP contribution in [0.2, 0.25) is 5.02 Å². The molecule has 1 aliphatic rings. The number of benzene rings is 2. The molecule has 1 heterocycles. The molecular formula is C19H16ClN3. The third kappa shape index (κ3) is 2.92. The highest BCUT2D eigenvalue weighted by molar-refractivity contribution is 6.30. The lowest BCUT2D eigenvalue weighted by atomic mass is 9.90. The van der Waals surface area contributed by atoms with Crippen molar-refractivity contribution in [1.29, 1.82) is 0 Å². The molecule has 4 rings (SSSR count). The number of nitrogens with one attached hydrogen (secondary N) is 1. The lowest BCUT2D eigenvalue weighted by Crippen LogP contribution is -2.10. The summed E-state index contributed by atoms with van der Waals surface area (Å²) >= 11 is 5.91. The monoisotopic (exact) mass is 321 g/mol. The van der Waals surface area contributed by atoms with Crippen LogP contribution in [-0.4, -0.2) is 9.97 Å². The van der Waals surface area contributed by atoms with Crippen LogP contribution in [0.15, 0.2) is 54.7 Å². The molecular weight excluding hydrogens is 306 g/mol. The number of anilines is 1. The minimum atomic E-state index is 0.662. The van der Waals surface area contributed by atoms with Crippen molar-refractivity contribution in [2.24, 2.45) is 0 Å². The topological polar surface area (TPSA) is 37.8 Å². The van der Waals surface area contributed by atoms with Crippen molar-refractivity contribution in [3.63, 3.8) is 0 Å². The van der Waals surface area contributed by atoms with Crippen LogP contribution in [0.4, 0.5) is 5.95 Å². The fraction of sp³-hybridized carbons (Fsp3) is 0.158. The van der Waals surface area contributed by atoms with E-state index in [0.29, 0.717) is 12.5 Å². The number of hydrogen-bond acceptors (Lipinski definition) is 3. The largest absolute Gasteiger partial charge is 0.350 e. The van der Waals surface area contributed by atoms with Crippen LogP contribution in [0.5, 0.6) is 0 Å². The normalized spacial score (nSPS) is 12.4. The van der Waals surface area contributed by atoms with E-state index in [0.717, 1.165) is 29.1 Å². The van der Waals surface area contributed by atoms with E-state index in [-0.39, 0.29) is 0 Å². The molecule has 0 saturated carbocycles. The number of halogens is 1. The first-order valence-corrected chi connectivity index (χ1v) is 8.10. The molecule has 1 aliphatic carbocycles. The summed E-state index contributed by atoms with van der Waals surface area (Å²) in [4.78, 5) is 9.19. The second kappa shape index (κ2) is 6.01. The van der Waals surface area contributed by atoms with Crippen molar-refractivity contribution in [3.05, 3.63) is 76.4 Å². The minimum Gasteiger partial charge on any atom is -0.350 e. The van der Waals surface area contributed by atoms with E-state index < -0.39 is 0 Å². The lowest BCUT2D eigenvalue weighted by Gasteiger charge is -2.19.